The Kier molecular flexibility index (Phi) is 4.48. The first-order chi connectivity index (χ1) is 10.4. The van der Waals surface area contributed by atoms with Crippen LogP contribution in [0.3, 0.4) is 0 Å². The fraction of sp³-hybridized carbons (Fsp3) is 0.353. The zero-order valence-electron chi connectivity index (χ0n) is 12.2. The van der Waals surface area contributed by atoms with Crippen LogP contribution in [0.15, 0.2) is 48.8 Å². The highest BCUT2D eigenvalue weighted by Gasteiger charge is 2.19. The topological polar surface area (TPSA) is 39.6 Å². The van der Waals surface area contributed by atoms with Gasteiger partial charge in [-0.15, -0.1) is 0 Å². The molecule has 4 nitrogen and oxygen atoms in total. The van der Waals surface area contributed by atoms with Crippen LogP contribution in [0.25, 0.3) is 0 Å². The van der Waals surface area contributed by atoms with Crippen molar-refractivity contribution >= 4 is 5.69 Å². The molecule has 1 N–H and O–H groups in total. The smallest absolute Gasteiger partial charge is 0.0703 e. The minimum atomic E-state index is 0.0715. The second kappa shape index (κ2) is 6.70. The molecule has 0 atom stereocenters. The molecule has 1 saturated heterocycles. The van der Waals surface area contributed by atoms with E-state index < -0.39 is 0 Å². The highest BCUT2D eigenvalue weighted by Crippen LogP contribution is 2.21. The lowest BCUT2D eigenvalue weighted by Crippen LogP contribution is -2.46. The number of hydrogen-bond donors (Lipinski definition) is 1. The van der Waals surface area contributed by atoms with E-state index in [1.165, 1.54) is 5.56 Å². The van der Waals surface area contributed by atoms with Crippen molar-refractivity contribution in [1.82, 2.24) is 9.88 Å². The average molecular weight is 283 g/mol. The SMILES string of the molecule is OCc1ccncc1N1CCN(Cc2ccccc2)CC1. The van der Waals surface area contributed by atoms with E-state index in [0.717, 1.165) is 44.0 Å². The van der Waals surface area contributed by atoms with Crippen molar-refractivity contribution in [1.29, 1.82) is 0 Å². The molecule has 0 unspecified atom stereocenters. The fourth-order valence-corrected chi connectivity index (χ4v) is 2.82. The Bertz CT molecular complexity index is 565. The van der Waals surface area contributed by atoms with Crippen LogP contribution < -0.4 is 4.90 Å². The molecule has 4 heteroatoms. The van der Waals surface area contributed by atoms with Crippen LogP contribution in [-0.2, 0) is 13.2 Å². The number of hydrogen-bond acceptors (Lipinski definition) is 4. The van der Waals surface area contributed by atoms with Gasteiger partial charge in [0.25, 0.3) is 0 Å². The van der Waals surface area contributed by atoms with Crippen molar-refractivity contribution in [3.05, 3.63) is 59.9 Å². The summed E-state index contributed by atoms with van der Waals surface area (Å²) in [5.74, 6) is 0. The summed E-state index contributed by atoms with van der Waals surface area (Å²) in [5, 5.41) is 9.43. The molecule has 0 bridgehead atoms. The van der Waals surface area contributed by atoms with Gasteiger partial charge in [0.2, 0.25) is 0 Å². The minimum absolute atomic E-state index is 0.0715. The molecule has 1 aromatic carbocycles. The first kappa shape index (κ1) is 14.0. The highest BCUT2D eigenvalue weighted by atomic mass is 16.3. The van der Waals surface area contributed by atoms with Crippen molar-refractivity contribution in [3.8, 4) is 0 Å². The first-order valence-electron chi connectivity index (χ1n) is 7.42. The Morgan fingerprint density at radius 2 is 1.76 bits per heavy atom. The molecule has 1 aliphatic heterocycles. The lowest BCUT2D eigenvalue weighted by Gasteiger charge is -2.36. The highest BCUT2D eigenvalue weighted by molar-refractivity contribution is 5.51. The molecule has 1 aromatic heterocycles. The Balaban J connectivity index is 1.60. The van der Waals surface area contributed by atoms with Gasteiger partial charge in [0.15, 0.2) is 0 Å². The molecule has 110 valence electrons. The summed E-state index contributed by atoms with van der Waals surface area (Å²) in [6.07, 6.45) is 3.60. The van der Waals surface area contributed by atoms with E-state index in [0.29, 0.717) is 0 Å². The predicted molar refractivity (Wildman–Crippen MR) is 84.1 cm³/mol. The number of nitrogens with zero attached hydrogens (tertiary/aromatic N) is 3. The molecule has 2 heterocycles. The van der Waals surface area contributed by atoms with E-state index in [2.05, 4.69) is 45.1 Å². The van der Waals surface area contributed by atoms with Crippen molar-refractivity contribution in [2.24, 2.45) is 0 Å². The van der Waals surface area contributed by atoms with E-state index in [9.17, 15) is 5.11 Å². The number of rotatable bonds is 4. The van der Waals surface area contributed by atoms with Crippen LogP contribution in [0, 0.1) is 0 Å². The van der Waals surface area contributed by atoms with Gasteiger partial charge < -0.3 is 10.0 Å². The molecular weight excluding hydrogens is 262 g/mol. The van der Waals surface area contributed by atoms with Crippen LogP contribution in [0.1, 0.15) is 11.1 Å². The Hall–Kier alpha value is -1.91. The maximum atomic E-state index is 9.43. The van der Waals surface area contributed by atoms with Crippen molar-refractivity contribution in [3.63, 3.8) is 0 Å². The molecular formula is C17H21N3O. The van der Waals surface area contributed by atoms with E-state index in [1.54, 1.807) is 6.20 Å². The standard InChI is InChI=1S/C17H21N3O/c21-14-16-6-7-18-12-17(16)20-10-8-19(9-11-20)13-15-4-2-1-3-5-15/h1-7,12,21H,8-11,13-14H2. The molecule has 0 radical (unpaired) electrons. The van der Waals surface area contributed by atoms with Crippen LogP contribution >= 0.6 is 0 Å². The van der Waals surface area contributed by atoms with Gasteiger partial charge in [0.1, 0.15) is 0 Å². The predicted octanol–water partition coefficient (Wildman–Crippen LogP) is 1.90. The number of anilines is 1. The summed E-state index contributed by atoms with van der Waals surface area (Å²) in [4.78, 5) is 8.98. The number of aliphatic hydroxyl groups excluding tert-OH is 1. The number of pyridine rings is 1. The van der Waals surface area contributed by atoms with Crippen LogP contribution in [0.5, 0.6) is 0 Å². The maximum Gasteiger partial charge on any atom is 0.0703 e. The summed E-state index contributed by atoms with van der Waals surface area (Å²) < 4.78 is 0. The molecule has 21 heavy (non-hydrogen) atoms. The van der Waals surface area contributed by atoms with Gasteiger partial charge in [0, 0.05) is 44.5 Å². The maximum absolute atomic E-state index is 9.43. The largest absolute Gasteiger partial charge is 0.392 e. The summed E-state index contributed by atoms with van der Waals surface area (Å²) in [7, 11) is 0. The van der Waals surface area contributed by atoms with Crippen LogP contribution in [0.2, 0.25) is 0 Å². The molecule has 1 aliphatic rings. The van der Waals surface area contributed by atoms with Crippen molar-refractivity contribution in [2.45, 2.75) is 13.2 Å². The third-order valence-electron chi connectivity index (χ3n) is 4.02. The summed E-state index contributed by atoms with van der Waals surface area (Å²) in [6.45, 7) is 5.11. The summed E-state index contributed by atoms with van der Waals surface area (Å²) >= 11 is 0. The van der Waals surface area contributed by atoms with Gasteiger partial charge in [-0.1, -0.05) is 30.3 Å². The van der Waals surface area contributed by atoms with Gasteiger partial charge in [0.05, 0.1) is 18.5 Å². The van der Waals surface area contributed by atoms with Gasteiger partial charge in [-0.2, -0.15) is 0 Å². The van der Waals surface area contributed by atoms with E-state index in [-0.39, 0.29) is 6.61 Å². The monoisotopic (exact) mass is 283 g/mol. The first-order valence-corrected chi connectivity index (χ1v) is 7.42. The van der Waals surface area contributed by atoms with Gasteiger partial charge >= 0.3 is 0 Å². The number of piperazine rings is 1. The molecule has 0 saturated carbocycles. The molecule has 0 amide bonds. The van der Waals surface area contributed by atoms with Crippen molar-refractivity contribution in [2.75, 3.05) is 31.1 Å². The van der Waals surface area contributed by atoms with Gasteiger partial charge in [-0.25, -0.2) is 0 Å². The zero-order chi connectivity index (χ0) is 14.5. The second-order valence-electron chi connectivity index (χ2n) is 5.41. The van der Waals surface area contributed by atoms with Gasteiger partial charge in [-0.3, -0.25) is 9.88 Å². The van der Waals surface area contributed by atoms with Crippen molar-refractivity contribution < 1.29 is 5.11 Å². The molecule has 0 aliphatic carbocycles. The van der Waals surface area contributed by atoms with E-state index in [4.69, 9.17) is 0 Å². The molecule has 3 rings (SSSR count). The quantitative estimate of drug-likeness (QED) is 0.930. The van der Waals surface area contributed by atoms with Crippen LogP contribution in [0.4, 0.5) is 5.69 Å². The lowest BCUT2D eigenvalue weighted by molar-refractivity contribution is 0.248. The third-order valence-corrected chi connectivity index (χ3v) is 4.02. The number of aromatic nitrogens is 1. The molecule has 0 spiro atoms. The third kappa shape index (κ3) is 3.40. The summed E-state index contributed by atoms with van der Waals surface area (Å²) in [5.41, 5.74) is 3.39. The Morgan fingerprint density at radius 3 is 2.48 bits per heavy atom. The van der Waals surface area contributed by atoms with E-state index >= 15 is 0 Å². The number of benzene rings is 1. The molecule has 2 aromatic rings. The normalized spacial score (nSPS) is 16.1. The molecule has 1 fully saturated rings. The van der Waals surface area contributed by atoms with Gasteiger partial charge in [-0.05, 0) is 11.6 Å². The average Bonchev–Trinajstić information content (AvgIpc) is 2.56. The van der Waals surface area contributed by atoms with Crippen LogP contribution in [-0.4, -0.2) is 41.2 Å². The zero-order valence-corrected chi connectivity index (χ0v) is 12.2. The second-order valence-corrected chi connectivity index (χ2v) is 5.41. The summed E-state index contributed by atoms with van der Waals surface area (Å²) in [6, 6.07) is 12.5. The Morgan fingerprint density at radius 1 is 1.00 bits per heavy atom. The number of aliphatic hydroxyl groups is 1. The minimum Gasteiger partial charge on any atom is -0.392 e. The Labute approximate surface area is 125 Å². The fourth-order valence-electron chi connectivity index (χ4n) is 2.82. The van der Waals surface area contributed by atoms with E-state index in [1.807, 2.05) is 12.3 Å². The lowest BCUT2D eigenvalue weighted by atomic mass is 10.1.